The van der Waals surface area contributed by atoms with Gasteiger partial charge in [-0.15, -0.1) is 0 Å². The number of aromatic nitrogens is 2. The number of amides is 4. The standard InChI is InChI=1S/2C24H24F2N4O3.C4H4O4/c2*1-12(2)29-23(32)20-9-15(11-28-22(20)27)19-5-4-18(6-13(19)3)30-24(33)21(31)14-7-16(25)10-17(26)8-14;5-3(6)1-2-4(7)8/h2*4-12,21,31H,1-3H3,(H2,27,28)(H,29,32)(H,30,33);1-2H,(H,5,6)(H,7,8)/b;;2-1+/t2*21-;/m11./s1. The van der Waals surface area contributed by atoms with Gasteiger partial charge in [0.25, 0.3) is 23.6 Å². The van der Waals surface area contributed by atoms with Crippen LogP contribution in [0.1, 0.15) is 82.9 Å². The molecule has 4 aromatic carbocycles. The summed E-state index contributed by atoms with van der Waals surface area (Å²) in [6.07, 6.45) is 0.705. The van der Waals surface area contributed by atoms with Crippen LogP contribution in [0.25, 0.3) is 22.3 Å². The van der Waals surface area contributed by atoms with E-state index in [1.807, 2.05) is 27.7 Å². The average molecular weight is 1030 g/mol. The predicted octanol–water partition coefficient (Wildman–Crippen LogP) is 7.17. The van der Waals surface area contributed by atoms with Crippen molar-refractivity contribution in [1.82, 2.24) is 20.6 Å². The summed E-state index contributed by atoms with van der Waals surface area (Å²) in [5.74, 6) is -8.20. The third-order valence-electron chi connectivity index (χ3n) is 10.0. The summed E-state index contributed by atoms with van der Waals surface area (Å²) in [6, 6.07) is 18.0. The number of carboxylic acid groups (broad SMARTS) is 2. The number of aryl methyl sites for hydroxylation is 2. The Morgan fingerprint density at radius 3 is 1.14 bits per heavy atom. The first-order chi connectivity index (χ1) is 34.7. The van der Waals surface area contributed by atoms with Crippen molar-refractivity contribution in [3.63, 3.8) is 0 Å². The molecule has 0 fully saturated rings. The van der Waals surface area contributed by atoms with Gasteiger partial charge in [-0.1, -0.05) is 12.1 Å². The molecule has 74 heavy (non-hydrogen) atoms. The van der Waals surface area contributed by atoms with E-state index in [9.17, 15) is 56.5 Å². The second-order valence-corrected chi connectivity index (χ2v) is 16.8. The Hall–Kier alpha value is -9.02. The lowest BCUT2D eigenvalue weighted by Gasteiger charge is -2.15. The first-order valence-corrected chi connectivity index (χ1v) is 22.1. The van der Waals surface area contributed by atoms with E-state index in [1.54, 1.807) is 74.8 Å². The molecule has 0 radical (unpaired) electrons. The summed E-state index contributed by atoms with van der Waals surface area (Å²) in [5.41, 5.74) is 16.9. The van der Waals surface area contributed by atoms with Crippen LogP contribution in [0.2, 0.25) is 0 Å². The highest BCUT2D eigenvalue weighted by molar-refractivity contribution is 6.01. The fourth-order valence-corrected chi connectivity index (χ4v) is 6.75. The molecule has 2 heterocycles. The van der Waals surface area contributed by atoms with Crippen LogP contribution in [0.5, 0.6) is 0 Å². The number of anilines is 4. The number of carbonyl (C=O) groups is 6. The van der Waals surface area contributed by atoms with Crippen LogP contribution >= 0.6 is 0 Å². The van der Waals surface area contributed by atoms with Gasteiger partial charge < -0.3 is 53.2 Å². The molecule has 6 rings (SSSR count). The highest BCUT2D eigenvalue weighted by Gasteiger charge is 2.22. The Balaban J connectivity index is 0.000000279. The number of aliphatic hydroxyl groups excluding tert-OH is 2. The van der Waals surface area contributed by atoms with Crippen LogP contribution in [0.4, 0.5) is 40.6 Å². The van der Waals surface area contributed by atoms with Crippen molar-refractivity contribution in [2.24, 2.45) is 0 Å². The summed E-state index contributed by atoms with van der Waals surface area (Å²) in [5, 5.41) is 46.6. The molecule has 2 aromatic heterocycles. The van der Waals surface area contributed by atoms with E-state index < -0.39 is 59.2 Å². The lowest BCUT2D eigenvalue weighted by Crippen LogP contribution is -2.30. The fraction of sp³-hybridized carbons (Fsp3) is 0.192. The van der Waals surface area contributed by atoms with Gasteiger partial charge in [-0.3, -0.25) is 19.2 Å². The van der Waals surface area contributed by atoms with Crippen molar-refractivity contribution in [3.05, 3.63) is 166 Å². The van der Waals surface area contributed by atoms with Gasteiger partial charge in [0, 0.05) is 71.3 Å². The predicted molar refractivity (Wildman–Crippen MR) is 267 cm³/mol. The lowest BCUT2D eigenvalue weighted by atomic mass is 9.99. The van der Waals surface area contributed by atoms with Gasteiger partial charge in [-0.05, 0) is 136 Å². The molecule has 0 aliphatic rings. The zero-order valence-electron chi connectivity index (χ0n) is 40.5. The molecular formula is C52H52F4N8O10. The molecule has 2 atom stereocenters. The summed E-state index contributed by atoms with van der Waals surface area (Å²) >= 11 is 0. The minimum Gasteiger partial charge on any atom is -0.478 e. The molecule has 0 bridgehead atoms. The maximum Gasteiger partial charge on any atom is 0.328 e. The Morgan fingerprint density at radius 1 is 0.527 bits per heavy atom. The van der Waals surface area contributed by atoms with E-state index in [4.69, 9.17) is 21.7 Å². The van der Waals surface area contributed by atoms with Crippen molar-refractivity contribution in [2.45, 2.75) is 65.8 Å². The summed E-state index contributed by atoms with van der Waals surface area (Å²) < 4.78 is 53.5. The maximum absolute atomic E-state index is 13.4. The normalized spacial score (nSPS) is 11.6. The van der Waals surface area contributed by atoms with E-state index in [-0.39, 0.29) is 57.8 Å². The molecule has 4 amide bonds. The Kier molecular flexibility index (Phi) is 20.1. The maximum atomic E-state index is 13.4. The topological polar surface area (TPSA) is 309 Å². The first-order valence-electron chi connectivity index (χ1n) is 22.1. The first kappa shape index (κ1) is 57.6. The zero-order chi connectivity index (χ0) is 55.1. The van der Waals surface area contributed by atoms with E-state index in [1.165, 1.54) is 0 Å². The summed E-state index contributed by atoms with van der Waals surface area (Å²) in [6.45, 7) is 10.9. The molecule has 0 spiro atoms. The van der Waals surface area contributed by atoms with Crippen LogP contribution in [0, 0.1) is 37.1 Å². The van der Waals surface area contributed by atoms with Crippen LogP contribution in [-0.2, 0) is 19.2 Å². The number of pyridine rings is 2. The molecule has 388 valence electrons. The van der Waals surface area contributed by atoms with Crippen molar-refractivity contribution >= 4 is 58.6 Å². The van der Waals surface area contributed by atoms with Gasteiger partial charge in [-0.2, -0.15) is 0 Å². The number of nitrogens with zero attached hydrogens (tertiary/aromatic N) is 2. The second-order valence-electron chi connectivity index (χ2n) is 16.8. The number of aliphatic hydroxyl groups is 2. The molecule has 0 saturated heterocycles. The minimum absolute atomic E-state index is 0.0654. The number of carbonyl (C=O) groups excluding carboxylic acids is 4. The van der Waals surface area contributed by atoms with Crippen molar-refractivity contribution < 1.29 is 66.8 Å². The Morgan fingerprint density at radius 2 is 0.851 bits per heavy atom. The monoisotopic (exact) mass is 1020 g/mol. The van der Waals surface area contributed by atoms with Gasteiger partial charge in [0.1, 0.15) is 34.9 Å². The van der Waals surface area contributed by atoms with Crippen molar-refractivity contribution in [1.29, 1.82) is 0 Å². The number of nitrogen functional groups attached to an aromatic ring is 2. The van der Waals surface area contributed by atoms with Gasteiger partial charge in [0.2, 0.25) is 0 Å². The molecular weight excluding hydrogens is 973 g/mol. The molecule has 0 unspecified atom stereocenters. The fourth-order valence-electron chi connectivity index (χ4n) is 6.75. The quantitative estimate of drug-likeness (QED) is 0.0382. The molecule has 12 N–H and O–H groups in total. The third-order valence-corrected chi connectivity index (χ3v) is 10.0. The SMILES string of the molecule is Cc1cc(NC(=O)[C@H](O)c2cc(F)cc(F)c2)ccc1-c1cnc(N)c(C(=O)NC(C)C)c1.Cc1cc(NC(=O)[C@H](O)c2cc(F)cc(F)c2)ccc1-c1cnc(N)c(C(=O)NC(C)C)c1.O=C(O)/C=C/C(=O)O. The number of carboxylic acids is 2. The summed E-state index contributed by atoms with van der Waals surface area (Å²) in [4.78, 5) is 76.9. The second kappa shape index (κ2) is 25.9. The number of benzene rings is 4. The lowest BCUT2D eigenvalue weighted by molar-refractivity contribution is -0.134. The highest BCUT2D eigenvalue weighted by Crippen LogP contribution is 2.30. The number of rotatable bonds is 14. The molecule has 0 aliphatic carbocycles. The minimum atomic E-state index is -1.75. The van der Waals surface area contributed by atoms with Crippen LogP contribution in [0.15, 0.2) is 109 Å². The summed E-state index contributed by atoms with van der Waals surface area (Å²) in [7, 11) is 0. The largest absolute Gasteiger partial charge is 0.478 e. The van der Waals surface area contributed by atoms with Gasteiger partial charge in [0.05, 0.1) is 11.1 Å². The zero-order valence-corrected chi connectivity index (χ0v) is 40.5. The number of nitrogens with one attached hydrogen (secondary N) is 4. The highest BCUT2D eigenvalue weighted by atomic mass is 19.1. The number of hydrogen-bond acceptors (Lipinski definition) is 12. The van der Waals surface area contributed by atoms with E-state index in [2.05, 4.69) is 31.2 Å². The van der Waals surface area contributed by atoms with Crippen LogP contribution in [0.3, 0.4) is 0 Å². The molecule has 22 heteroatoms. The van der Waals surface area contributed by atoms with Crippen molar-refractivity contribution in [2.75, 3.05) is 22.1 Å². The number of hydrogen-bond donors (Lipinski definition) is 10. The smallest absolute Gasteiger partial charge is 0.328 e. The van der Waals surface area contributed by atoms with Gasteiger partial charge in [-0.25, -0.2) is 37.1 Å². The van der Waals surface area contributed by atoms with E-state index in [0.717, 1.165) is 46.5 Å². The van der Waals surface area contributed by atoms with E-state index in [0.29, 0.717) is 46.8 Å². The van der Waals surface area contributed by atoms with Gasteiger partial charge in [0.15, 0.2) is 12.2 Å². The van der Waals surface area contributed by atoms with Crippen LogP contribution in [-0.4, -0.2) is 78.0 Å². The molecule has 0 saturated carbocycles. The molecule has 6 aromatic rings. The number of halogens is 4. The molecule has 18 nitrogen and oxygen atoms in total. The number of nitrogens with two attached hydrogens (primary N) is 2. The average Bonchev–Trinajstić information content (AvgIpc) is 3.30. The third kappa shape index (κ3) is 16.8. The Bertz CT molecular complexity index is 2870. The Labute approximate surface area is 421 Å². The van der Waals surface area contributed by atoms with Crippen LogP contribution < -0.4 is 32.7 Å². The molecule has 0 aliphatic heterocycles. The van der Waals surface area contributed by atoms with Gasteiger partial charge >= 0.3 is 11.9 Å². The number of aliphatic carboxylic acids is 2. The van der Waals surface area contributed by atoms with Crippen molar-refractivity contribution in [3.8, 4) is 22.3 Å². The van der Waals surface area contributed by atoms with E-state index >= 15 is 0 Å².